The first-order chi connectivity index (χ1) is 8.18. The zero-order chi connectivity index (χ0) is 12.3. The Hall–Kier alpha value is -1.62. The third kappa shape index (κ3) is 2.74. The number of carbonyl (C=O) groups is 1. The van der Waals surface area contributed by atoms with Gasteiger partial charge in [0, 0.05) is 44.3 Å². The summed E-state index contributed by atoms with van der Waals surface area (Å²) in [5.74, 6) is 0.0411. The average Bonchev–Trinajstić information content (AvgIpc) is 2.39. The van der Waals surface area contributed by atoms with Crippen molar-refractivity contribution in [3.63, 3.8) is 0 Å². The molecule has 0 saturated carbocycles. The fraction of sp³-hybridized carbons (Fsp3) is 0.500. The van der Waals surface area contributed by atoms with Crippen LogP contribution in [-0.4, -0.2) is 48.0 Å². The molecular formula is C12H18N4O. The van der Waals surface area contributed by atoms with Crippen LogP contribution in [0, 0.1) is 0 Å². The van der Waals surface area contributed by atoms with Crippen molar-refractivity contribution in [2.24, 2.45) is 5.73 Å². The molecule has 1 atom stereocenters. The number of hydrogen-bond acceptors (Lipinski definition) is 4. The lowest BCUT2D eigenvalue weighted by molar-refractivity contribution is -0.132. The van der Waals surface area contributed by atoms with E-state index in [1.54, 1.807) is 19.3 Å². The Morgan fingerprint density at radius 2 is 1.88 bits per heavy atom. The summed E-state index contributed by atoms with van der Waals surface area (Å²) in [6.07, 6.45) is 3.57. The summed E-state index contributed by atoms with van der Waals surface area (Å²) >= 11 is 0. The summed E-state index contributed by atoms with van der Waals surface area (Å²) in [6, 6.07) is 3.58. The van der Waals surface area contributed by atoms with Crippen molar-refractivity contribution in [3.05, 3.63) is 24.5 Å². The number of anilines is 1. The standard InChI is InChI=1S/C12H18N4O/c1-10(13)12(17)16-8-6-15(7-9-16)11-2-4-14-5-3-11/h2-5,10H,6-9,13H2,1H3/t10-/m1/s1. The van der Waals surface area contributed by atoms with E-state index < -0.39 is 6.04 Å². The molecule has 5 nitrogen and oxygen atoms in total. The monoisotopic (exact) mass is 234 g/mol. The van der Waals surface area contributed by atoms with E-state index in [4.69, 9.17) is 5.73 Å². The second-order valence-electron chi connectivity index (χ2n) is 4.31. The van der Waals surface area contributed by atoms with Crippen molar-refractivity contribution < 1.29 is 4.79 Å². The Morgan fingerprint density at radius 1 is 1.29 bits per heavy atom. The van der Waals surface area contributed by atoms with Crippen LogP contribution in [0.1, 0.15) is 6.92 Å². The predicted molar refractivity (Wildman–Crippen MR) is 66.7 cm³/mol. The van der Waals surface area contributed by atoms with E-state index in [9.17, 15) is 4.79 Å². The topological polar surface area (TPSA) is 62.5 Å². The normalized spacial score (nSPS) is 18.0. The van der Waals surface area contributed by atoms with Gasteiger partial charge in [0.1, 0.15) is 0 Å². The molecule has 1 saturated heterocycles. The zero-order valence-electron chi connectivity index (χ0n) is 10.0. The van der Waals surface area contributed by atoms with Crippen LogP contribution in [0.4, 0.5) is 5.69 Å². The lowest BCUT2D eigenvalue weighted by Crippen LogP contribution is -2.52. The van der Waals surface area contributed by atoms with Gasteiger partial charge in [-0.15, -0.1) is 0 Å². The molecule has 17 heavy (non-hydrogen) atoms. The summed E-state index contributed by atoms with van der Waals surface area (Å²) in [4.78, 5) is 19.8. The van der Waals surface area contributed by atoms with Crippen molar-refractivity contribution in [3.8, 4) is 0 Å². The van der Waals surface area contributed by atoms with Crippen molar-refractivity contribution in [2.45, 2.75) is 13.0 Å². The number of aromatic nitrogens is 1. The number of rotatable bonds is 2. The molecular weight excluding hydrogens is 216 g/mol. The number of pyridine rings is 1. The van der Waals surface area contributed by atoms with Crippen LogP contribution in [0.5, 0.6) is 0 Å². The smallest absolute Gasteiger partial charge is 0.239 e. The molecule has 0 spiro atoms. The molecule has 2 rings (SSSR count). The fourth-order valence-corrected chi connectivity index (χ4v) is 2.03. The minimum absolute atomic E-state index is 0.0411. The van der Waals surface area contributed by atoms with E-state index in [1.165, 1.54) is 0 Å². The number of nitrogens with zero attached hydrogens (tertiary/aromatic N) is 3. The molecule has 1 fully saturated rings. The van der Waals surface area contributed by atoms with Crippen molar-refractivity contribution in [1.29, 1.82) is 0 Å². The van der Waals surface area contributed by atoms with E-state index >= 15 is 0 Å². The van der Waals surface area contributed by atoms with Crippen LogP contribution >= 0.6 is 0 Å². The number of carbonyl (C=O) groups excluding carboxylic acids is 1. The van der Waals surface area contributed by atoms with Gasteiger partial charge in [0.2, 0.25) is 5.91 Å². The molecule has 0 aliphatic carbocycles. The van der Waals surface area contributed by atoms with Gasteiger partial charge >= 0.3 is 0 Å². The maximum atomic E-state index is 11.7. The molecule has 1 aromatic heterocycles. The van der Waals surface area contributed by atoms with Crippen LogP contribution in [0.3, 0.4) is 0 Å². The number of hydrogen-bond donors (Lipinski definition) is 1. The highest BCUT2D eigenvalue weighted by atomic mass is 16.2. The Morgan fingerprint density at radius 3 is 2.41 bits per heavy atom. The Balaban J connectivity index is 1.93. The van der Waals surface area contributed by atoms with Crippen LogP contribution in [0.15, 0.2) is 24.5 Å². The molecule has 0 aromatic carbocycles. The first kappa shape index (κ1) is 11.9. The van der Waals surface area contributed by atoms with Crippen molar-refractivity contribution >= 4 is 11.6 Å². The Labute approximate surface area is 101 Å². The highest BCUT2D eigenvalue weighted by molar-refractivity contribution is 5.81. The molecule has 92 valence electrons. The van der Waals surface area contributed by atoms with Gasteiger partial charge in [-0.2, -0.15) is 0 Å². The van der Waals surface area contributed by atoms with Crippen LogP contribution in [-0.2, 0) is 4.79 Å². The largest absolute Gasteiger partial charge is 0.368 e. The second kappa shape index (κ2) is 5.14. The number of piperazine rings is 1. The molecule has 1 aliphatic rings. The third-order valence-corrected chi connectivity index (χ3v) is 3.01. The van der Waals surface area contributed by atoms with Gasteiger partial charge in [-0.05, 0) is 19.1 Å². The van der Waals surface area contributed by atoms with Crippen molar-refractivity contribution in [1.82, 2.24) is 9.88 Å². The van der Waals surface area contributed by atoms with Crippen LogP contribution < -0.4 is 10.6 Å². The molecule has 0 unspecified atom stereocenters. The molecule has 0 radical (unpaired) electrons. The quantitative estimate of drug-likeness (QED) is 0.787. The van der Waals surface area contributed by atoms with Crippen LogP contribution in [0.25, 0.3) is 0 Å². The summed E-state index contributed by atoms with van der Waals surface area (Å²) in [6.45, 7) is 4.91. The van der Waals surface area contributed by atoms with Gasteiger partial charge in [0.05, 0.1) is 6.04 Å². The SMILES string of the molecule is C[C@@H](N)C(=O)N1CCN(c2ccncc2)CC1. The lowest BCUT2D eigenvalue weighted by Gasteiger charge is -2.36. The number of amides is 1. The first-order valence-electron chi connectivity index (χ1n) is 5.88. The van der Waals surface area contributed by atoms with E-state index in [0.717, 1.165) is 31.9 Å². The van der Waals surface area contributed by atoms with Gasteiger partial charge in [-0.3, -0.25) is 9.78 Å². The summed E-state index contributed by atoms with van der Waals surface area (Å²) in [5, 5.41) is 0. The van der Waals surface area contributed by atoms with Crippen LogP contribution in [0.2, 0.25) is 0 Å². The summed E-state index contributed by atoms with van der Waals surface area (Å²) in [7, 11) is 0. The van der Waals surface area contributed by atoms with Gasteiger partial charge in [-0.1, -0.05) is 0 Å². The van der Waals surface area contributed by atoms with Gasteiger partial charge < -0.3 is 15.5 Å². The molecule has 1 aromatic rings. The number of nitrogens with two attached hydrogens (primary N) is 1. The second-order valence-corrected chi connectivity index (χ2v) is 4.31. The third-order valence-electron chi connectivity index (χ3n) is 3.01. The van der Waals surface area contributed by atoms with Crippen molar-refractivity contribution in [2.75, 3.05) is 31.1 Å². The fourth-order valence-electron chi connectivity index (χ4n) is 2.03. The molecule has 5 heteroatoms. The van der Waals surface area contributed by atoms with Gasteiger partial charge in [0.25, 0.3) is 0 Å². The Kier molecular flexibility index (Phi) is 3.58. The van der Waals surface area contributed by atoms with Gasteiger partial charge in [-0.25, -0.2) is 0 Å². The molecule has 2 heterocycles. The molecule has 1 aliphatic heterocycles. The van der Waals surface area contributed by atoms with E-state index in [-0.39, 0.29) is 5.91 Å². The van der Waals surface area contributed by atoms with E-state index in [1.807, 2.05) is 17.0 Å². The Bertz CT molecular complexity index is 371. The highest BCUT2D eigenvalue weighted by Gasteiger charge is 2.22. The summed E-state index contributed by atoms with van der Waals surface area (Å²) < 4.78 is 0. The minimum atomic E-state index is -0.400. The summed E-state index contributed by atoms with van der Waals surface area (Å²) in [5.41, 5.74) is 6.76. The minimum Gasteiger partial charge on any atom is -0.368 e. The maximum absolute atomic E-state index is 11.7. The van der Waals surface area contributed by atoms with E-state index in [2.05, 4.69) is 9.88 Å². The first-order valence-corrected chi connectivity index (χ1v) is 5.88. The predicted octanol–water partition coefficient (Wildman–Crippen LogP) is 0.0774. The molecule has 0 bridgehead atoms. The maximum Gasteiger partial charge on any atom is 0.239 e. The highest BCUT2D eigenvalue weighted by Crippen LogP contribution is 2.14. The van der Waals surface area contributed by atoms with Gasteiger partial charge in [0.15, 0.2) is 0 Å². The average molecular weight is 234 g/mol. The lowest BCUT2D eigenvalue weighted by atomic mass is 10.2. The molecule has 2 N–H and O–H groups in total. The zero-order valence-corrected chi connectivity index (χ0v) is 10.0. The molecule has 1 amide bonds. The van der Waals surface area contributed by atoms with E-state index in [0.29, 0.717) is 0 Å².